The molecule has 1 aliphatic carbocycles. The molecule has 1 fully saturated rings. The van der Waals surface area contributed by atoms with E-state index in [4.69, 9.17) is 4.74 Å². The van der Waals surface area contributed by atoms with E-state index < -0.39 is 0 Å². The Balaban J connectivity index is 2.19. The fourth-order valence-corrected chi connectivity index (χ4v) is 3.17. The van der Waals surface area contributed by atoms with Gasteiger partial charge in [0.2, 0.25) is 0 Å². The first-order chi connectivity index (χ1) is 10.5. The standard InChI is InChI=1S/C20H28O2/c1-14-7-5-9-15(2)11-12-18-17(4)20(21)22-19(18)13-16(3)10-6-8-14/h7,10-11,18-19H,4-6,8-9,12-13H2,1-3H3/b14-7+,15-11+,16-10+/t18-,19+/m1/s1. The largest absolute Gasteiger partial charge is 0.458 e. The summed E-state index contributed by atoms with van der Waals surface area (Å²) in [5.74, 6) is -0.0818. The molecular formula is C20H28O2. The van der Waals surface area contributed by atoms with Crippen molar-refractivity contribution >= 4 is 5.97 Å². The Morgan fingerprint density at radius 3 is 2.27 bits per heavy atom. The van der Waals surface area contributed by atoms with Crippen molar-refractivity contribution in [2.24, 2.45) is 5.92 Å². The third-order valence-electron chi connectivity index (χ3n) is 4.72. The molecule has 22 heavy (non-hydrogen) atoms. The SMILES string of the molecule is C=C1C(=O)O[C@H]2C/C(C)=C/CC/C(C)=C/CC/C(C)=C/C[C@H]12. The highest BCUT2D eigenvalue weighted by Gasteiger charge is 2.37. The van der Waals surface area contributed by atoms with E-state index in [2.05, 4.69) is 45.6 Å². The van der Waals surface area contributed by atoms with Gasteiger partial charge in [0.1, 0.15) is 6.10 Å². The molecule has 0 amide bonds. The van der Waals surface area contributed by atoms with Crippen molar-refractivity contribution < 1.29 is 9.53 Å². The molecular weight excluding hydrogens is 272 g/mol. The van der Waals surface area contributed by atoms with Crippen molar-refractivity contribution in [2.45, 2.75) is 65.4 Å². The smallest absolute Gasteiger partial charge is 0.334 e. The van der Waals surface area contributed by atoms with Crippen molar-refractivity contribution in [3.05, 3.63) is 47.1 Å². The van der Waals surface area contributed by atoms with Crippen LogP contribution in [0.3, 0.4) is 0 Å². The van der Waals surface area contributed by atoms with Crippen LogP contribution < -0.4 is 0 Å². The summed E-state index contributed by atoms with van der Waals surface area (Å²) in [6, 6.07) is 0. The monoisotopic (exact) mass is 300 g/mol. The van der Waals surface area contributed by atoms with Crippen LogP contribution in [-0.2, 0) is 9.53 Å². The Labute approximate surface area is 134 Å². The number of hydrogen-bond acceptors (Lipinski definition) is 2. The fraction of sp³-hybridized carbons (Fsp3) is 0.550. The number of fused-ring (bicyclic) bond motifs is 1. The van der Waals surface area contributed by atoms with E-state index in [-0.39, 0.29) is 18.0 Å². The van der Waals surface area contributed by atoms with Gasteiger partial charge >= 0.3 is 5.97 Å². The molecule has 0 spiro atoms. The van der Waals surface area contributed by atoms with Crippen molar-refractivity contribution in [3.63, 3.8) is 0 Å². The summed E-state index contributed by atoms with van der Waals surface area (Å²) in [5.41, 5.74) is 4.81. The zero-order chi connectivity index (χ0) is 16.1. The summed E-state index contributed by atoms with van der Waals surface area (Å²) in [6.07, 6.45) is 12.9. The van der Waals surface area contributed by atoms with Gasteiger partial charge < -0.3 is 4.74 Å². The average molecular weight is 300 g/mol. The highest BCUT2D eigenvalue weighted by atomic mass is 16.6. The van der Waals surface area contributed by atoms with Gasteiger partial charge in [-0.3, -0.25) is 0 Å². The molecule has 0 aromatic rings. The normalized spacial score (nSPS) is 35.1. The van der Waals surface area contributed by atoms with Crippen LogP contribution in [0.5, 0.6) is 0 Å². The maximum Gasteiger partial charge on any atom is 0.334 e. The lowest BCUT2D eigenvalue weighted by molar-refractivity contribution is -0.139. The maximum atomic E-state index is 11.8. The summed E-state index contributed by atoms with van der Waals surface area (Å²) in [7, 11) is 0. The molecule has 0 aromatic carbocycles. The number of carbonyl (C=O) groups excluding carboxylic acids is 1. The van der Waals surface area contributed by atoms with E-state index in [9.17, 15) is 4.79 Å². The van der Waals surface area contributed by atoms with Crippen molar-refractivity contribution in [3.8, 4) is 0 Å². The molecule has 2 aliphatic rings. The molecule has 0 unspecified atom stereocenters. The number of esters is 1. The van der Waals surface area contributed by atoms with Crippen molar-refractivity contribution in [1.29, 1.82) is 0 Å². The predicted octanol–water partition coefficient (Wildman–Crippen LogP) is 5.28. The first-order valence-electron chi connectivity index (χ1n) is 8.34. The van der Waals surface area contributed by atoms with Gasteiger partial charge in [-0.25, -0.2) is 4.79 Å². The van der Waals surface area contributed by atoms with E-state index >= 15 is 0 Å². The molecule has 0 bridgehead atoms. The van der Waals surface area contributed by atoms with Gasteiger partial charge in [0.25, 0.3) is 0 Å². The Kier molecular flexibility index (Phi) is 5.82. The van der Waals surface area contributed by atoms with Crippen LogP contribution in [0.25, 0.3) is 0 Å². The van der Waals surface area contributed by atoms with Gasteiger partial charge in [0.15, 0.2) is 0 Å². The third-order valence-corrected chi connectivity index (χ3v) is 4.72. The van der Waals surface area contributed by atoms with E-state index in [0.717, 1.165) is 38.5 Å². The number of ether oxygens (including phenoxy) is 1. The third kappa shape index (κ3) is 4.46. The minimum atomic E-state index is -0.212. The van der Waals surface area contributed by atoms with Gasteiger partial charge in [0.05, 0.1) is 0 Å². The number of hydrogen-bond donors (Lipinski definition) is 0. The summed E-state index contributed by atoms with van der Waals surface area (Å²) >= 11 is 0. The number of carbonyl (C=O) groups is 1. The Morgan fingerprint density at radius 1 is 1.00 bits per heavy atom. The van der Waals surface area contributed by atoms with Crippen LogP contribution in [0.15, 0.2) is 47.1 Å². The zero-order valence-electron chi connectivity index (χ0n) is 14.2. The van der Waals surface area contributed by atoms with E-state index in [0.29, 0.717) is 5.57 Å². The first kappa shape index (κ1) is 16.8. The van der Waals surface area contributed by atoms with Gasteiger partial charge in [0, 0.05) is 17.9 Å². The van der Waals surface area contributed by atoms with Crippen LogP contribution in [0.1, 0.15) is 59.3 Å². The quantitative estimate of drug-likeness (QED) is 0.346. The molecule has 120 valence electrons. The number of allylic oxidation sites excluding steroid dienone is 5. The molecule has 2 nitrogen and oxygen atoms in total. The van der Waals surface area contributed by atoms with E-state index in [1.807, 2.05) is 0 Å². The van der Waals surface area contributed by atoms with Crippen LogP contribution in [0, 0.1) is 5.92 Å². The molecule has 2 rings (SSSR count). The highest BCUT2D eigenvalue weighted by molar-refractivity contribution is 5.90. The average Bonchev–Trinajstić information content (AvgIpc) is 2.71. The lowest BCUT2D eigenvalue weighted by atomic mass is 9.88. The summed E-state index contributed by atoms with van der Waals surface area (Å²) in [4.78, 5) is 11.8. The molecule has 1 saturated heterocycles. The molecule has 1 heterocycles. The minimum Gasteiger partial charge on any atom is -0.458 e. The van der Waals surface area contributed by atoms with Gasteiger partial charge in [-0.2, -0.15) is 0 Å². The van der Waals surface area contributed by atoms with E-state index in [1.165, 1.54) is 16.7 Å². The van der Waals surface area contributed by atoms with Crippen LogP contribution in [0.4, 0.5) is 0 Å². The van der Waals surface area contributed by atoms with Crippen molar-refractivity contribution in [2.75, 3.05) is 0 Å². The highest BCUT2D eigenvalue weighted by Crippen LogP contribution is 2.34. The lowest BCUT2D eigenvalue weighted by Crippen LogP contribution is -2.16. The molecule has 0 saturated carbocycles. The summed E-state index contributed by atoms with van der Waals surface area (Å²) in [5, 5.41) is 0. The Morgan fingerprint density at radius 2 is 1.59 bits per heavy atom. The second kappa shape index (κ2) is 7.62. The molecule has 0 N–H and O–H groups in total. The van der Waals surface area contributed by atoms with Gasteiger partial charge in [-0.1, -0.05) is 41.5 Å². The van der Waals surface area contributed by atoms with Crippen molar-refractivity contribution in [1.82, 2.24) is 0 Å². The van der Waals surface area contributed by atoms with Gasteiger partial charge in [-0.05, 0) is 52.9 Å². The van der Waals surface area contributed by atoms with Crippen LogP contribution in [-0.4, -0.2) is 12.1 Å². The zero-order valence-corrected chi connectivity index (χ0v) is 14.2. The molecule has 0 aromatic heterocycles. The molecule has 1 aliphatic heterocycles. The summed E-state index contributed by atoms with van der Waals surface area (Å²) < 4.78 is 5.54. The second-order valence-corrected chi connectivity index (χ2v) is 6.74. The molecule has 2 heteroatoms. The fourth-order valence-electron chi connectivity index (χ4n) is 3.17. The second-order valence-electron chi connectivity index (χ2n) is 6.74. The Hall–Kier alpha value is -1.57. The predicted molar refractivity (Wildman–Crippen MR) is 91.5 cm³/mol. The number of rotatable bonds is 0. The molecule has 2 atom stereocenters. The van der Waals surface area contributed by atoms with Crippen LogP contribution in [0.2, 0.25) is 0 Å². The van der Waals surface area contributed by atoms with E-state index in [1.54, 1.807) is 0 Å². The minimum absolute atomic E-state index is 0.0418. The maximum absolute atomic E-state index is 11.8. The topological polar surface area (TPSA) is 26.3 Å². The first-order valence-corrected chi connectivity index (χ1v) is 8.34. The summed E-state index contributed by atoms with van der Waals surface area (Å²) in [6.45, 7) is 10.5. The van der Waals surface area contributed by atoms with Gasteiger partial charge in [-0.15, -0.1) is 0 Å². The molecule has 0 radical (unpaired) electrons. The lowest BCUT2D eigenvalue weighted by Gasteiger charge is -2.17. The van der Waals surface area contributed by atoms with Crippen LogP contribution >= 0.6 is 0 Å². The Bertz CT molecular complexity index is 534.